The molecule has 1 amide bonds. The van der Waals surface area contributed by atoms with Crippen molar-refractivity contribution < 1.29 is 27.8 Å². The largest absolute Gasteiger partial charge is 0.493 e. The van der Waals surface area contributed by atoms with E-state index in [9.17, 15) is 13.6 Å². The normalized spacial score (nSPS) is 10.4. The minimum Gasteiger partial charge on any atom is -0.493 e. The van der Waals surface area contributed by atoms with Crippen molar-refractivity contribution >= 4 is 23.2 Å². The molecule has 5 nitrogen and oxygen atoms in total. The van der Waals surface area contributed by atoms with Crippen LogP contribution in [0.25, 0.3) is 0 Å². The molecule has 2 aromatic carbocycles. The second-order valence-corrected chi connectivity index (χ2v) is 4.93. The van der Waals surface area contributed by atoms with Gasteiger partial charge in [0.25, 0.3) is 5.91 Å². The summed E-state index contributed by atoms with van der Waals surface area (Å²) in [7, 11) is 2.82. The highest BCUT2D eigenvalue weighted by atomic mass is 35.5. The van der Waals surface area contributed by atoms with Gasteiger partial charge < -0.3 is 19.5 Å². The van der Waals surface area contributed by atoms with Gasteiger partial charge in [0.2, 0.25) is 0 Å². The molecule has 0 aromatic heterocycles. The Hall–Kier alpha value is -2.54. The van der Waals surface area contributed by atoms with Crippen LogP contribution in [0.5, 0.6) is 17.2 Å². The monoisotopic (exact) mass is 357 g/mol. The Morgan fingerprint density at radius 2 is 1.83 bits per heavy atom. The average Bonchev–Trinajstić information content (AvgIpc) is 2.55. The molecule has 24 heavy (non-hydrogen) atoms. The zero-order chi connectivity index (χ0) is 17.7. The maximum absolute atomic E-state index is 12.4. The number of hydrogen-bond donors (Lipinski definition) is 1. The molecule has 0 unspecified atom stereocenters. The van der Waals surface area contributed by atoms with Crippen LogP contribution >= 0.6 is 11.6 Å². The van der Waals surface area contributed by atoms with Crippen LogP contribution in [0.4, 0.5) is 14.5 Å². The van der Waals surface area contributed by atoms with Crippen LogP contribution < -0.4 is 19.5 Å². The number of alkyl halides is 2. The van der Waals surface area contributed by atoms with Gasteiger partial charge >= 0.3 is 6.61 Å². The van der Waals surface area contributed by atoms with Gasteiger partial charge in [0.15, 0.2) is 11.5 Å². The molecule has 0 saturated carbocycles. The predicted molar refractivity (Wildman–Crippen MR) is 85.6 cm³/mol. The van der Waals surface area contributed by atoms with Gasteiger partial charge in [-0.15, -0.1) is 0 Å². The van der Waals surface area contributed by atoms with Crippen molar-refractivity contribution in [3.05, 3.63) is 47.0 Å². The highest BCUT2D eigenvalue weighted by Crippen LogP contribution is 2.36. The zero-order valence-corrected chi connectivity index (χ0v) is 13.6. The molecule has 0 fully saturated rings. The predicted octanol–water partition coefficient (Wildman–Crippen LogP) is 4.21. The molecule has 0 spiro atoms. The standard InChI is InChI=1S/C16H14ClF2NO4/c1-22-13-8-9(7-10(17)14(13)23-2)15(21)20-11-5-3-4-6-12(11)24-16(18)19/h3-8,16H,1-2H3,(H,20,21). The van der Waals surface area contributed by atoms with Crippen molar-refractivity contribution in [1.82, 2.24) is 0 Å². The molecular formula is C16H14ClF2NO4. The zero-order valence-electron chi connectivity index (χ0n) is 12.8. The molecule has 0 aliphatic carbocycles. The van der Waals surface area contributed by atoms with E-state index in [1.807, 2.05) is 0 Å². The van der Waals surface area contributed by atoms with Gasteiger partial charge in [-0.25, -0.2) is 0 Å². The summed E-state index contributed by atoms with van der Waals surface area (Å²) in [6.45, 7) is -3.00. The van der Waals surface area contributed by atoms with E-state index in [1.54, 1.807) is 6.07 Å². The molecule has 0 radical (unpaired) electrons. The number of rotatable bonds is 6. The number of amides is 1. The number of halogens is 3. The van der Waals surface area contributed by atoms with Crippen molar-refractivity contribution in [2.45, 2.75) is 6.61 Å². The Labute approximate surface area is 142 Å². The number of benzene rings is 2. The van der Waals surface area contributed by atoms with Crippen LogP contribution in [-0.4, -0.2) is 26.7 Å². The fourth-order valence-corrected chi connectivity index (χ4v) is 2.30. The van der Waals surface area contributed by atoms with Gasteiger partial charge in [-0.3, -0.25) is 4.79 Å². The summed E-state index contributed by atoms with van der Waals surface area (Å²) in [5.41, 5.74) is 0.276. The number of para-hydroxylation sites is 2. The van der Waals surface area contributed by atoms with Crippen molar-refractivity contribution in [2.24, 2.45) is 0 Å². The smallest absolute Gasteiger partial charge is 0.387 e. The van der Waals surface area contributed by atoms with Crippen LogP contribution in [0.15, 0.2) is 36.4 Å². The third-order valence-corrected chi connectivity index (χ3v) is 3.33. The number of methoxy groups -OCH3 is 2. The van der Waals surface area contributed by atoms with Crippen LogP contribution in [0.1, 0.15) is 10.4 Å². The second kappa shape index (κ2) is 7.83. The molecule has 2 rings (SSSR count). The van der Waals surface area contributed by atoms with Gasteiger partial charge in [-0.1, -0.05) is 23.7 Å². The number of nitrogens with one attached hydrogen (secondary N) is 1. The van der Waals surface area contributed by atoms with E-state index in [-0.39, 0.29) is 33.5 Å². The fraction of sp³-hybridized carbons (Fsp3) is 0.188. The molecule has 0 atom stereocenters. The van der Waals surface area contributed by atoms with Crippen molar-refractivity contribution in [3.8, 4) is 17.2 Å². The molecule has 0 saturated heterocycles. The lowest BCUT2D eigenvalue weighted by molar-refractivity contribution is -0.0493. The van der Waals surface area contributed by atoms with Crippen LogP contribution in [0.3, 0.4) is 0 Å². The van der Waals surface area contributed by atoms with E-state index < -0.39 is 12.5 Å². The van der Waals surface area contributed by atoms with Crippen LogP contribution in [0, 0.1) is 0 Å². The SMILES string of the molecule is COc1cc(C(=O)Nc2ccccc2OC(F)F)cc(Cl)c1OC. The lowest BCUT2D eigenvalue weighted by atomic mass is 10.1. The van der Waals surface area contributed by atoms with Crippen molar-refractivity contribution in [1.29, 1.82) is 0 Å². The number of carbonyl (C=O) groups excluding carboxylic acids is 1. The third-order valence-electron chi connectivity index (χ3n) is 3.05. The van der Waals surface area contributed by atoms with Gasteiger partial charge in [-0.05, 0) is 24.3 Å². The van der Waals surface area contributed by atoms with Crippen molar-refractivity contribution in [2.75, 3.05) is 19.5 Å². The van der Waals surface area contributed by atoms with E-state index in [1.165, 1.54) is 44.6 Å². The molecule has 8 heteroatoms. The Balaban J connectivity index is 2.29. The van der Waals surface area contributed by atoms with Gasteiger partial charge in [0.05, 0.1) is 24.9 Å². The Morgan fingerprint density at radius 3 is 2.46 bits per heavy atom. The first-order valence-electron chi connectivity index (χ1n) is 6.73. The minimum atomic E-state index is -3.00. The average molecular weight is 358 g/mol. The first kappa shape index (κ1) is 17.8. The molecule has 0 bridgehead atoms. The van der Waals surface area contributed by atoms with Crippen molar-refractivity contribution in [3.63, 3.8) is 0 Å². The minimum absolute atomic E-state index is 0.105. The Kier molecular flexibility index (Phi) is 5.81. The van der Waals surface area contributed by atoms with E-state index in [0.717, 1.165) is 0 Å². The maximum Gasteiger partial charge on any atom is 0.387 e. The summed E-state index contributed by atoms with van der Waals surface area (Å²) in [6, 6.07) is 8.67. The lowest BCUT2D eigenvalue weighted by Gasteiger charge is -2.14. The summed E-state index contributed by atoms with van der Waals surface area (Å²) in [4.78, 5) is 12.4. The number of hydrogen-bond acceptors (Lipinski definition) is 4. The highest BCUT2D eigenvalue weighted by Gasteiger charge is 2.17. The van der Waals surface area contributed by atoms with E-state index in [4.69, 9.17) is 21.1 Å². The van der Waals surface area contributed by atoms with Gasteiger partial charge in [-0.2, -0.15) is 8.78 Å². The summed E-state index contributed by atoms with van der Waals surface area (Å²) in [6.07, 6.45) is 0. The molecule has 128 valence electrons. The first-order chi connectivity index (χ1) is 11.5. The highest BCUT2D eigenvalue weighted by molar-refractivity contribution is 6.32. The van der Waals surface area contributed by atoms with Crippen LogP contribution in [0.2, 0.25) is 5.02 Å². The quantitative estimate of drug-likeness (QED) is 0.841. The maximum atomic E-state index is 12.4. The van der Waals surface area contributed by atoms with Gasteiger partial charge in [0.1, 0.15) is 5.75 Å². The van der Waals surface area contributed by atoms with E-state index in [2.05, 4.69) is 10.1 Å². The molecular weight excluding hydrogens is 344 g/mol. The molecule has 0 heterocycles. The first-order valence-corrected chi connectivity index (χ1v) is 7.10. The molecule has 1 N–H and O–H groups in total. The Morgan fingerprint density at radius 1 is 1.12 bits per heavy atom. The summed E-state index contributed by atoms with van der Waals surface area (Å²) < 4.78 is 39.4. The van der Waals surface area contributed by atoms with Crippen LogP contribution in [-0.2, 0) is 0 Å². The Bertz CT molecular complexity index is 740. The van der Waals surface area contributed by atoms with E-state index >= 15 is 0 Å². The lowest BCUT2D eigenvalue weighted by Crippen LogP contribution is -2.14. The number of carbonyl (C=O) groups is 1. The summed E-state index contributed by atoms with van der Waals surface area (Å²) in [5.74, 6) is -0.153. The molecule has 2 aromatic rings. The fourth-order valence-electron chi connectivity index (χ4n) is 2.01. The van der Waals surface area contributed by atoms with Gasteiger partial charge in [0, 0.05) is 5.56 Å². The third kappa shape index (κ3) is 4.05. The summed E-state index contributed by atoms with van der Waals surface area (Å²) >= 11 is 6.05. The number of anilines is 1. The topological polar surface area (TPSA) is 56.8 Å². The second-order valence-electron chi connectivity index (χ2n) is 4.52. The number of ether oxygens (including phenoxy) is 3. The summed E-state index contributed by atoms with van der Waals surface area (Å²) in [5, 5.41) is 2.68. The van der Waals surface area contributed by atoms with E-state index in [0.29, 0.717) is 0 Å². The molecule has 0 aliphatic heterocycles. The molecule has 0 aliphatic rings.